The number of fused-ring (bicyclic) bond motifs is 3. The van der Waals surface area contributed by atoms with Crippen molar-refractivity contribution in [2.45, 2.75) is 0 Å². The zero-order valence-electron chi connectivity index (χ0n) is 11.3. The molecular formula is C15H9FN4. The lowest BCUT2D eigenvalue weighted by Gasteiger charge is -2.00. The fourth-order valence-electron chi connectivity index (χ4n) is 2.25. The minimum Gasteiger partial charge on any atom is -0.339 e. The van der Waals surface area contributed by atoms with Crippen molar-refractivity contribution in [2.75, 3.05) is 0 Å². The van der Waals surface area contributed by atoms with E-state index in [1.165, 1.54) is 12.1 Å². The number of aromatic nitrogens is 4. The van der Waals surface area contributed by atoms with E-state index in [4.69, 9.17) is 1.37 Å². The van der Waals surface area contributed by atoms with E-state index >= 15 is 0 Å². The summed E-state index contributed by atoms with van der Waals surface area (Å²) in [5, 5.41) is 1.96. The first-order chi connectivity index (χ1) is 10.2. The highest BCUT2D eigenvalue weighted by Gasteiger charge is 2.07. The van der Waals surface area contributed by atoms with Gasteiger partial charge in [-0.15, -0.1) is 0 Å². The standard InChI is InChI=1S/C15H9FN4/c16-14-4-1-9(7-18-14)12-3-2-10-11-8-17-6-5-13(11)20-15(10)19-12/h1-8H,(H,19,20)/i7T. The largest absolute Gasteiger partial charge is 0.339 e. The number of hydrogen-bond acceptors (Lipinski definition) is 3. The molecule has 0 aromatic carbocycles. The number of hydrogen-bond donors (Lipinski definition) is 1. The van der Waals surface area contributed by atoms with E-state index in [0.717, 1.165) is 16.3 Å². The molecule has 4 nitrogen and oxygen atoms in total. The SMILES string of the molecule is [3H]c1nc(F)ccc1-c1ccc2c(n1)[nH]c1ccncc12. The van der Waals surface area contributed by atoms with Gasteiger partial charge in [-0.25, -0.2) is 9.97 Å². The number of nitrogens with zero attached hydrogens (tertiary/aromatic N) is 3. The van der Waals surface area contributed by atoms with E-state index in [0.29, 0.717) is 16.9 Å². The molecule has 0 spiro atoms. The van der Waals surface area contributed by atoms with Gasteiger partial charge in [-0.05, 0) is 30.3 Å². The Morgan fingerprint density at radius 3 is 2.95 bits per heavy atom. The number of aromatic amines is 1. The van der Waals surface area contributed by atoms with Crippen LogP contribution in [0.15, 0.2) is 48.9 Å². The summed E-state index contributed by atoms with van der Waals surface area (Å²) < 4.78 is 20.7. The third-order valence-corrected chi connectivity index (χ3v) is 3.21. The first-order valence-electron chi connectivity index (χ1n) is 6.58. The van der Waals surface area contributed by atoms with E-state index in [2.05, 4.69) is 19.9 Å². The summed E-state index contributed by atoms with van der Waals surface area (Å²) >= 11 is 0. The van der Waals surface area contributed by atoms with Crippen LogP contribution in [0.2, 0.25) is 0 Å². The summed E-state index contributed by atoms with van der Waals surface area (Å²) in [6.45, 7) is 0. The highest BCUT2D eigenvalue weighted by molar-refractivity contribution is 6.05. The van der Waals surface area contributed by atoms with Crippen molar-refractivity contribution in [1.29, 1.82) is 0 Å². The minimum absolute atomic E-state index is 0.125. The van der Waals surface area contributed by atoms with Crippen LogP contribution in [0.4, 0.5) is 4.39 Å². The number of rotatable bonds is 1. The molecule has 4 aromatic rings. The molecule has 0 fully saturated rings. The van der Waals surface area contributed by atoms with Crippen molar-refractivity contribution < 1.29 is 5.76 Å². The van der Waals surface area contributed by atoms with Gasteiger partial charge in [-0.3, -0.25) is 4.98 Å². The number of pyridine rings is 3. The molecule has 1 N–H and O–H groups in total. The minimum atomic E-state index is -0.665. The van der Waals surface area contributed by atoms with Crippen LogP contribution in [0.1, 0.15) is 1.37 Å². The summed E-state index contributed by atoms with van der Waals surface area (Å²) in [5.41, 5.74) is 2.74. The van der Waals surface area contributed by atoms with E-state index < -0.39 is 5.95 Å². The van der Waals surface area contributed by atoms with Crippen molar-refractivity contribution in [3.63, 3.8) is 0 Å². The van der Waals surface area contributed by atoms with Gasteiger partial charge in [0.2, 0.25) is 5.95 Å². The Bertz CT molecular complexity index is 980. The Balaban J connectivity index is 1.96. The van der Waals surface area contributed by atoms with Crippen molar-refractivity contribution in [1.82, 2.24) is 19.9 Å². The first kappa shape index (κ1) is 10.0. The van der Waals surface area contributed by atoms with Crippen LogP contribution < -0.4 is 0 Å². The van der Waals surface area contributed by atoms with Crippen LogP contribution >= 0.6 is 0 Å². The Morgan fingerprint density at radius 2 is 2.05 bits per heavy atom. The highest BCUT2D eigenvalue weighted by atomic mass is 19.1. The van der Waals surface area contributed by atoms with Gasteiger partial charge in [0.15, 0.2) is 0 Å². The molecule has 0 aliphatic heterocycles. The highest BCUT2D eigenvalue weighted by Crippen LogP contribution is 2.26. The van der Waals surface area contributed by atoms with E-state index in [1.807, 2.05) is 12.1 Å². The van der Waals surface area contributed by atoms with Crippen LogP contribution in [0, 0.1) is 5.95 Å². The predicted octanol–water partition coefficient (Wildman–Crippen LogP) is 3.31. The number of nitrogens with one attached hydrogen (secondary N) is 1. The average molecular weight is 266 g/mol. The van der Waals surface area contributed by atoms with Crippen LogP contribution in [0.3, 0.4) is 0 Å². The zero-order chi connectivity index (χ0) is 14.4. The molecule has 0 aliphatic carbocycles. The summed E-state index contributed by atoms with van der Waals surface area (Å²) in [6.07, 6.45) is 3.37. The lowest BCUT2D eigenvalue weighted by molar-refractivity contribution is 0.584. The second kappa shape index (κ2) is 4.09. The molecule has 96 valence electrons. The van der Waals surface area contributed by atoms with Crippen LogP contribution in [-0.4, -0.2) is 19.9 Å². The van der Waals surface area contributed by atoms with E-state index in [-0.39, 0.29) is 6.17 Å². The zero-order valence-corrected chi connectivity index (χ0v) is 10.3. The summed E-state index contributed by atoms with van der Waals surface area (Å²) in [5.74, 6) is -0.665. The number of H-pyrrole nitrogens is 1. The third-order valence-electron chi connectivity index (χ3n) is 3.21. The topological polar surface area (TPSA) is 54.5 Å². The lowest BCUT2D eigenvalue weighted by Crippen LogP contribution is -1.87. The molecule has 0 radical (unpaired) electrons. The van der Waals surface area contributed by atoms with Gasteiger partial charge in [0.25, 0.3) is 0 Å². The van der Waals surface area contributed by atoms with Gasteiger partial charge in [-0.2, -0.15) is 4.39 Å². The molecule has 0 bridgehead atoms. The maximum absolute atomic E-state index is 13.0. The summed E-state index contributed by atoms with van der Waals surface area (Å²) in [6, 6.07) is 8.35. The normalized spacial score (nSPS) is 11.9. The summed E-state index contributed by atoms with van der Waals surface area (Å²) in [7, 11) is 0. The Morgan fingerprint density at radius 1 is 1.10 bits per heavy atom. The molecule has 20 heavy (non-hydrogen) atoms. The molecule has 0 saturated heterocycles. The smallest absolute Gasteiger partial charge is 0.212 e. The van der Waals surface area contributed by atoms with Crippen molar-refractivity contribution in [3.05, 3.63) is 54.8 Å². The van der Waals surface area contributed by atoms with E-state index in [1.54, 1.807) is 18.5 Å². The van der Waals surface area contributed by atoms with Crippen molar-refractivity contribution >= 4 is 21.9 Å². The Hall–Kier alpha value is -2.82. The Kier molecular flexibility index (Phi) is 2.05. The maximum atomic E-state index is 13.0. The molecule has 5 heteroatoms. The lowest BCUT2D eigenvalue weighted by atomic mass is 10.1. The number of halogens is 1. The fourth-order valence-corrected chi connectivity index (χ4v) is 2.25. The third kappa shape index (κ3) is 1.64. The molecule has 0 aliphatic rings. The molecule has 4 heterocycles. The van der Waals surface area contributed by atoms with Gasteiger partial charge in [-0.1, -0.05) is 0 Å². The van der Waals surface area contributed by atoms with Crippen LogP contribution in [0.25, 0.3) is 33.2 Å². The maximum Gasteiger partial charge on any atom is 0.212 e. The van der Waals surface area contributed by atoms with Crippen LogP contribution in [-0.2, 0) is 0 Å². The Labute approximate surface area is 114 Å². The van der Waals surface area contributed by atoms with Gasteiger partial charge in [0.05, 0.1) is 12.6 Å². The summed E-state index contributed by atoms with van der Waals surface area (Å²) in [4.78, 5) is 15.3. The molecule has 0 saturated carbocycles. The van der Waals surface area contributed by atoms with Gasteiger partial charge < -0.3 is 4.98 Å². The second-order valence-electron chi connectivity index (χ2n) is 4.43. The van der Waals surface area contributed by atoms with Crippen molar-refractivity contribution in [2.24, 2.45) is 0 Å². The monoisotopic (exact) mass is 266 g/mol. The molecular weight excluding hydrogens is 255 g/mol. The molecule has 4 rings (SSSR count). The predicted molar refractivity (Wildman–Crippen MR) is 74.6 cm³/mol. The molecule has 4 aromatic heterocycles. The first-order valence-corrected chi connectivity index (χ1v) is 6.08. The average Bonchev–Trinajstić information content (AvgIpc) is 2.84. The van der Waals surface area contributed by atoms with Gasteiger partial charge in [0.1, 0.15) is 5.65 Å². The fraction of sp³-hybridized carbons (Fsp3) is 0. The van der Waals surface area contributed by atoms with E-state index in [9.17, 15) is 4.39 Å². The molecule has 0 amide bonds. The van der Waals surface area contributed by atoms with Crippen molar-refractivity contribution in [3.8, 4) is 11.3 Å². The second-order valence-corrected chi connectivity index (χ2v) is 4.43. The van der Waals surface area contributed by atoms with Crippen LogP contribution in [0.5, 0.6) is 0 Å². The molecule has 0 atom stereocenters. The van der Waals surface area contributed by atoms with Gasteiger partial charge >= 0.3 is 0 Å². The quantitative estimate of drug-likeness (QED) is 0.538. The molecule has 0 unspecified atom stereocenters. The van der Waals surface area contributed by atoms with Gasteiger partial charge in [0, 0.05) is 34.9 Å².